The Balaban J connectivity index is 1.50. The molecule has 2 aromatic rings. The van der Waals surface area contributed by atoms with Gasteiger partial charge in [0.25, 0.3) is 5.69 Å². The molecular weight excluding hydrogens is 682 g/mol. The number of aliphatic hydroxyl groups excluding tert-OH is 1. The van der Waals surface area contributed by atoms with E-state index in [4.69, 9.17) is 47.4 Å². The van der Waals surface area contributed by atoms with E-state index < -0.39 is 103 Å². The fraction of sp³-hybridized carbons (Fsp3) is 0.515. The quantitative estimate of drug-likeness (QED) is 0.151. The second-order valence-corrected chi connectivity index (χ2v) is 11.7. The van der Waals surface area contributed by atoms with E-state index in [-0.39, 0.29) is 18.0 Å². The molecule has 3 heterocycles. The number of rotatable bonds is 11. The Morgan fingerprint density at radius 3 is 2.02 bits per heavy atom. The van der Waals surface area contributed by atoms with Crippen LogP contribution in [-0.4, -0.2) is 109 Å². The maximum Gasteiger partial charge on any atom is 0.303 e. The summed E-state index contributed by atoms with van der Waals surface area (Å²) in [5.74, 6) is -3.17. The summed E-state index contributed by atoms with van der Waals surface area (Å²) >= 11 is 0. The SMILES string of the molecule is CC(=O)OC[C@H]1O[C@@H](O[C@H]2[C@H](Oc3ccc([N+](=O)[O-])cc3)O[C@@H]3CO[C@@H](c4ccccc4)O[C@H]3[C@@H]2O)[C@H](OC(C)=O)[C@@H](OC(C)=O)[C@@H]1OC(C)=O. The van der Waals surface area contributed by atoms with Crippen molar-refractivity contribution >= 4 is 29.6 Å². The molecule has 0 bridgehead atoms. The number of hydrogen-bond donors (Lipinski definition) is 1. The lowest BCUT2D eigenvalue weighted by Crippen LogP contribution is -2.67. The minimum atomic E-state index is -1.71. The van der Waals surface area contributed by atoms with Gasteiger partial charge < -0.3 is 52.5 Å². The first-order chi connectivity index (χ1) is 24.3. The van der Waals surface area contributed by atoms with Crippen molar-refractivity contribution in [3.05, 3.63) is 70.3 Å². The molecule has 0 aliphatic carbocycles. The van der Waals surface area contributed by atoms with Crippen molar-refractivity contribution < 1.29 is 76.6 Å². The largest absolute Gasteiger partial charge is 0.463 e. The number of nitro benzene ring substituents is 1. The van der Waals surface area contributed by atoms with Gasteiger partial charge in [0.1, 0.15) is 36.8 Å². The average Bonchev–Trinajstić information content (AvgIpc) is 3.08. The Labute approximate surface area is 290 Å². The predicted octanol–water partition coefficient (Wildman–Crippen LogP) is 1.64. The topological polar surface area (TPSA) is 224 Å². The summed E-state index contributed by atoms with van der Waals surface area (Å²) in [6.45, 7) is 3.78. The van der Waals surface area contributed by atoms with Crippen molar-refractivity contribution in [2.45, 2.75) is 95.4 Å². The number of ether oxygens (including phenoxy) is 10. The van der Waals surface area contributed by atoms with Crippen molar-refractivity contribution in [3.63, 3.8) is 0 Å². The van der Waals surface area contributed by atoms with Crippen molar-refractivity contribution in [2.24, 2.45) is 0 Å². The Kier molecular flexibility index (Phi) is 12.2. The highest BCUT2D eigenvalue weighted by molar-refractivity contribution is 5.68. The van der Waals surface area contributed by atoms with Gasteiger partial charge in [-0.1, -0.05) is 30.3 Å². The van der Waals surface area contributed by atoms with Crippen LogP contribution in [0.25, 0.3) is 0 Å². The van der Waals surface area contributed by atoms with Crippen molar-refractivity contribution in [1.82, 2.24) is 0 Å². The van der Waals surface area contributed by atoms with E-state index >= 15 is 0 Å². The number of carbonyl (C=O) groups excluding carboxylic acids is 4. The third-order valence-electron chi connectivity index (χ3n) is 7.92. The molecule has 2 aromatic carbocycles. The van der Waals surface area contributed by atoms with Crippen LogP contribution >= 0.6 is 0 Å². The van der Waals surface area contributed by atoms with Crippen LogP contribution in [0.15, 0.2) is 54.6 Å². The minimum absolute atomic E-state index is 0.0484. The van der Waals surface area contributed by atoms with Crippen LogP contribution in [0.4, 0.5) is 5.69 Å². The molecule has 11 atom stereocenters. The van der Waals surface area contributed by atoms with E-state index in [0.29, 0.717) is 5.56 Å². The number of esters is 4. The fourth-order valence-electron chi connectivity index (χ4n) is 5.82. The number of aliphatic hydroxyl groups is 1. The summed E-state index contributed by atoms with van der Waals surface area (Å²) < 4.78 is 58.2. The van der Waals surface area contributed by atoms with Crippen LogP contribution in [0.2, 0.25) is 0 Å². The van der Waals surface area contributed by atoms with E-state index in [0.717, 1.165) is 27.7 Å². The average molecular weight is 720 g/mol. The smallest absolute Gasteiger partial charge is 0.303 e. The van der Waals surface area contributed by atoms with Gasteiger partial charge in [0.15, 0.2) is 37.0 Å². The molecule has 18 heteroatoms. The lowest BCUT2D eigenvalue weighted by atomic mass is 9.96. The second kappa shape index (κ2) is 16.5. The zero-order valence-corrected chi connectivity index (χ0v) is 27.9. The lowest BCUT2D eigenvalue weighted by Gasteiger charge is -2.49. The first-order valence-electron chi connectivity index (χ1n) is 15.8. The molecule has 0 amide bonds. The van der Waals surface area contributed by atoms with E-state index in [1.54, 1.807) is 24.3 Å². The van der Waals surface area contributed by atoms with Crippen LogP contribution < -0.4 is 4.74 Å². The zero-order valence-electron chi connectivity index (χ0n) is 27.9. The highest BCUT2D eigenvalue weighted by Crippen LogP contribution is 2.38. The lowest BCUT2D eigenvalue weighted by molar-refractivity contribution is -0.385. The summed E-state index contributed by atoms with van der Waals surface area (Å²) in [4.78, 5) is 59.2. The van der Waals surface area contributed by atoms with E-state index in [9.17, 15) is 34.4 Å². The molecular formula is C33H37NO17. The molecule has 3 saturated heterocycles. The van der Waals surface area contributed by atoms with E-state index in [1.165, 1.54) is 24.3 Å². The molecule has 3 aliphatic heterocycles. The standard InChI is InChI=1S/C33H37NO17/c1-16(35)42-14-24-27(44-17(2)36)29(45-18(3)37)30(46-19(4)38)33(49-24)51-28-25(39)26-23(15-43-31(50-26)20-8-6-5-7-9-20)48-32(28)47-22-12-10-21(11-13-22)34(40)41/h5-13,23-33,39H,14-15H2,1-4H3/t23-,24-,25+,26-,27-,28-,29+,30-,31-,32-,33+/m1/s1. The zero-order chi connectivity index (χ0) is 36.8. The van der Waals surface area contributed by atoms with Crippen LogP contribution in [0.5, 0.6) is 5.75 Å². The van der Waals surface area contributed by atoms with E-state index in [1.807, 2.05) is 6.07 Å². The van der Waals surface area contributed by atoms with Crippen LogP contribution in [0.3, 0.4) is 0 Å². The van der Waals surface area contributed by atoms with Crippen molar-refractivity contribution in [3.8, 4) is 5.75 Å². The number of nitrogens with zero attached hydrogens (tertiary/aromatic N) is 1. The third kappa shape index (κ3) is 9.34. The van der Waals surface area contributed by atoms with Crippen LogP contribution in [-0.2, 0) is 61.8 Å². The molecule has 0 saturated carbocycles. The van der Waals surface area contributed by atoms with Crippen molar-refractivity contribution in [1.29, 1.82) is 0 Å². The van der Waals surface area contributed by atoms with Crippen molar-refractivity contribution in [2.75, 3.05) is 13.2 Å². The Morgan fingerprint density at radius 2 is 1.41 bits per heavy atom. The van der Waals surface area contributed by atoms with E-state index in [2.05, 4.69) is 0 Å². The third-order valence-corrected chi connectivity index (χ3v) is 7.92. The molecule has 0 aromatic heterocycles. The molecule has 0 unspecified atom stereocenters. The Hall–Kier alpha value is -4.72. The van der Waals surface area contributed by atoms with Gasteiger partial charge in [-0.2, -0.15) is 0 Å². The molecule has 18 nitrogen and oxygen atoms in total. The summed E-state index contributed by atoms with van der Waals surface area (Å²) in [5, 5.41) is 23.1. The Bertz CT molecular complexity index is 1550. The number of nitro groups is 1. The summed E-state index contributed by atoms with van der Waals surface area (Å²) in [6.07, 6.45) is -15.1. The first kappa shape index (κ1) is 37.5. The minimum Gasteiger partial charge on any atom is -0.463 e. The number of benzene rings is 2. The number of non-ortho nitro benzene ring substituents is 1. The molecule has 3 fully saturated rings. The normalized spacial score (nSPS) is 31.7. The number of fused-ring (bicyclic) bond motifs is 1. The summed E-state index contributed by atoms with van der Waals surface area (Å²) in [5.41, 5.74) is 0.447. The van der Waals surface area contributed by atoms with Gasteiger partial charge in [0, 0.05) is 45.4 Å². The first-order valence-corrected chi connectivity index (χ1v) is 15.8. The van der Waals surface area contributed by atoms with Gasteiger partial charge in [-0.15, -0.1) is 0 Å². The van der Waals surface area contributed by atoms with Crippen LogP contribution in [0, 0.1) is 10.1 Å². The van der Waals surface area contributed by atoms with Gasteiger partial charge >= 0.3 is 23.9 Å². The molecule has 0 spiro atoms. The molecule has 1 N–H and O–H groups in total. The van der Waals surface area contributed by atoms with Gasteiger partial charge in [-0.25, -0.2) is 0 Å². The Morgan fingerprint density at radius 1 is 0.784 bits per heavy atom. The number of hydrogen-bond acceptors (Lipinski definition) is 17. The maximum absolute atomic E-state index is 12.4. The van der Waals surface area contributed by atoms with Gasteiger partial charge in [-0.05, 0) is 12.1 Å². The molecule has 51 heavy (non-hydrogen) atoms. The van der Waals surface area contributed by atoms with Gasteiger partial charge in [0.2, 0.25) is 6.29 Å². The second-order valence-electron chi connectivity index (χ2n) is 11.7. The monoisotopic (exact) mass is 719 g/mol. The highest BCUT2D eigenvalue weighted by atomic mass is 16.8. The molecule has 3 aliphatic rings. The molecule has 5 rings (SSSR count). The van der Waals surface area contributed by atoms with Gasteiger partial charge in [0.05, 0.1) is 11.5 Å². The fourth-order valence-corrected chi connectivity index (χ4v) is 5.82. The number of carbonyl (C=O) groups is 4. The summed E-state index contributed by atoms with van der Waals surface area (Å²) in [7, 11) is 0. The van der Waals surface area contributed by atoms with Gasteiger partial charge in [-0.3, -0.25) is 29.3 Å². The molecule has 276 valence electrons. The molecule has 0 radical (unpaired) electrons. The van der Waals surface area contributed by atoms with Crippen LogP contribution in [0.1, 0.15) is 39.5 Å². The predicted molar refractivity (Wildman–Crippen MR) is 165 cm³/mol. The highest BCUT2D eigenvalue weighted by Gasteiger charge is 2.57. The maximum atomic E-state index is 12.4. The summed E-state index contributed by atoms with van der Waals surface area (Å²) in [6, 6.07) is 13.9.